The Kier molecular flexibility index (Phi) is 4.42. The van der Waals surface area contributed by atoms with E-state index >= 15 is 0 Å². The standard InChI is InChI=1S/C9H12BrN3O/c10-7-1-3-8(4-2-7)12-6-5-9(14)13-11/h1-4,12H,5-6,11H2,(H,13,14). The number of carbonyl (C=O) groups is 1. The van der Waals surface area contributed by atoms with Gasteiger partial charge in [-0.25, -0.2) is 5.84 Å². The summed E-state index contributed by atoms with van der Waals surface area (Å²) < 4.78 is 1.03. The highest BCUT2D eigenvalue weighted by Crippen LogP contribution is 2.13. The second kappa shape index (κ2) is 5.62. The number of hydrogen-bond acceptors (Lipinski definition) is 3. The van der Waals surface area contributed by atoms with Gasteiger partial charge in [-0.15, -0.1) is 0 Å². The summed E-state index contributed by atoms with van der Waals surface area (Å²) in [4.78, 5) is 10.8. The van der Waals surface area contributed by atoms with E-state index in [2.05, 4.69) is 26.7 Å². The number of carbonyl (C=O) groups excluding carboxylic acids is 1. The van der Waals surface area contributed by atoms with Gasteiger partial charge in [0.2, 0.25) is 5.91 Å². The molecule has 0 radical (unpaired) electrons. The predicted octanol–water partition coefficient (Wildman–Crippen LogP) is 1.24. The number of anilines is 1. The lowest BCUT2D eigenvalue weighted by atomic mass is 10.3. The van der Waals surface area contributed by atoms with Crippen molar-refractivity contribution in [1.29, 1.82) is 0 Å². The Balaban J connectivity index is 2.31. The van der Waals surface area contributed by atoms with Gasteiger partial charge in [-0.05, 0) is 24.3 Å². The Labute approximate surface area is 91.0 Å². The minimum Gasteiger partial charge on any atom is -0.385 e. The highest BCUT2D eigenvalue weighted by Gasteiger charge is 1.97. The predicted molar refractivity (Wildman–Crippen MR) is 59.6 cm³/mol. The third-order valence-electron chi connectivity index (χ3n) is 1.69. The van der Waals surface area contributed by atoms with Crippen LogP contribution in [-0.2, 0) is 4.79 Å². The average Bonchev–Trinajstić information content (AvgIpc) is 2.21. The van der Waals surface area contributed by atoms with E-state index in [0.717, 1.165) is 10.2 Å². The summed E-state index contributed by atoms with van der Waals surface area (Å²) in [6, 6.07) is 7.74. The van der Waals surface area contributed by atoms with Crippen molar-refractivity contribution in [3.63, 3.8) is 0 Å². The number of rotatable bonds is 4. The van der Waals surface area contributed by atoms with Gasteiger partial charge in [0, 0.05) is 23.1 Å². The molecule has 0 saturated heterocycles. The summed E-state index contributed by atoms with van der Waals surface area (Å²) in [6.07, 6.45) is 0.368. The maximum absolute atomic E-state index is 10.8. The van der Waals surface area contributed by atoms with Gasteiger partial charge in [-0.2, -0.15) is 0 Å². The van der Waals surface area contributed by atoms with Crippen LogP contribution < -0.4 is 16.6 Å². The van der Waals surface area contributed by atoms with Crippen LogP contribution in [0.5, 0.6) is 0 Å². The molecule has 14 heavy (non-hydrogen) atoms. The van der Waals surface area contributed by atoms with Gasteiger partial charge in [0.05, 0.1) is 0 Å². The fourth-order valence-electron chi connectivity index (χ4n) is 0.960. The van der Waals surface area contributed by atoms with Crippen LogP contribution in [-0.4, -0.2) is 12.5 Å². The Bertz CT molecular complexity index is 299. The molecule has 5 heteroatoms. The van der Waals surface area contributed by atoms with Crippen molar-refractivity contribution >= 4 is 27.5 Å². The van der Waals surface area contributed by atoms with Gasteiger partial charge in [0.15, 0.2) is 0 Å². The normalized spacial score (nSPS) is 9.57. The number of amides is 1. The SMILES string of the molecule is NNC(=O)CCNc1ccc(Br)cc1. The summed E-state index contributed by atoms with van der Waals surface area (Å²) in [5, 5.41) is 3.10. The molecular weight excluding hydrogens is 246 g/mol. The van der Waals surface area contributed by atoms with Crippen LogP contribution in [0.15, 0.2) is 28.7 Å². The number of nitrogens with one attached hydrogen (secondary N) is 2. The van der Waals surface area contributed by atoms with Crippen molar-refractivity contribution in [2.45, 2.75) is 6.42 Å². The van der Waals surface area contributed by atoms with Crippen LogP contribution in [0.4, 0.5) is 5.69 Å². The van der Waals surface area contributed by atoms with Crippen LogP contribution in [0.3, 0.4) is 0 Å². The number of hydrogen-bond donors (Lipinski definition) is 3. The fraction of sp³-hybridized carbons (Fsp3) is 0.222. The van der Waals surface area contributed by atoms with Crippen LogP contribution in [0, 0.1) is 0 Å². The molecule has 76 valence electrons. The summed E-state index contributed by atoms with van der Waals surface area (Å²) in [6.45, 7) is 0.574. The van der Waals surface area contributed by atoms with Crippen molar-refractivity contribution in [1.82, 2.24) is 5.43 Å². The molecule has 0 atom stereocenters. The Morgan fingerprint density at radius 1 is 1.36 bits per heavy atom. The first kappa shape index (κ1) is 11.0. The van der Waals surface area contributed by atoms with E-state index in [1.807, 2.05) is 24.3 Å². The molecule has 1 aromatic carbocycles. The molecule has 1 amide bonds. The average molecular weight is 258 g/mol. The lowest BCUT2D eigenvalue weighted by Gasteiger charge is -2.05. The largest absolute Gasteiger partial charge is 0.385 e. The molecule has 0 saturated carbocycles. The molecule has 4 N–H and O–H groups in total. The molecule has 0 aliphatic rings. The van der Waals surface area contributed by atoms with Crippen molar-refractivity contribution in [3.05, 3.63) is 28.7 Å². The van der Waals surface area contributed by atoms with Gasteiger partial charge in [-0.3, -0.25) is 10.2 Å². The number of halogens is 1. The Hall–Kier alpha value is -1.07. The zero-order valence-corrected chi connectivity index (χ0v) is 9.17. The van der Waals surface area contributed by atoms with Crippen molar-refractivity contribution in [3.8, 4) is 0 Å². The zero-order chi connectivity index (χ0) is 10.4. The topological polar surface area (TPSA) is 67.1 Å². The zero-order valence-electron chi connectivity index (χ0n) is 7.59. The molecular formula is C9H12BrN3O. The molecule has 0 unspecified atom stereocenters. The molecule has 0 aliphatic carbocycles. The summed E-state index contributed by atoms with van der Waals surface area (Å²) in [5.41, 5.74) is 3.06. The molecule has 0 heterocycles. The van der Waals surface area contributed by atoms with Gasteiger partial charge in [0.1, 0.15) is 0 Å². The van der Waals surface area contributed by atoms with Gasteiger partial charge >= 0.3 is 0 Å². The lowest BCUT2D eigenvalue weighted by molar-refractivity contribution is -0.120. The number of nitrogens with two attached hydrogens (primary N) is 1. The van der Waals surface area contributed by atoms with Crippen molar-refractivity contribution in [2.24, 2.45) is 5.84 Å². The Morgan fingerprint density at radius 3 is 2.57 bits per heavy atom. The lowest BCUT2D eigenvalue weighted by Crippen LogP contribution is -2.31. The number of benzene rings is 1. The van der Waals surface area contributed by atoms with Gasteiger partial charge < -0.3 is 5.32 Å². The van der Waals surface area contributed by atoms with E-state index in [1.165, 1.54) is 0 Å². The molecule has 1 aromatic rings. The van der Waals surface area contributed by atoms with Crippen LogP contribution in [0.2, 0.25) is 0 Å². The Morgan fingerprint density at radius 2 is 2.00 bits per heavy atom. The highest BCUT2D eigenvalue weighted by atomic mass is 79.9. The van der Waals surface area contributed by atoms with Crippen LogP contribution >= 0.6 is 15.9 Å². The van der Waals surface area contributed by atoms with E-state index in [0.29, 0.717) is 13.0 Å². The van der Waals surface area contributed by atoms with Gasteiger partial charge in [-0.1, -0.05) is 15.9 Å². The first-order valence-corrected chi connectivity index (χ1v) is 5.00. The maximum atomic E-state index is 10.8. The third-order valence-corrected chi connectivity index (χ3v) is 2.22. The first-order valence-electron chi connectivity index (χ1n) is 4.21. The van der Waals surface area contributed by atoms with E-state index < -0.39 is 0 Å². The van der Waals surface area contributed by atoms with E-state index in [1.54, 1.807) is 0 Å². The van der Waals surface area contributed by atoms with Crippen LogP contribution in [0.25, 0.3) is 0 Å². The smallest absolute Gasteiger partial charge is 0.235 e. The number of hydrazine groups is 1. The maximum Gasteiger partial charge on any atom is 0.235 e. The summed E-state index contributed by atoms with van der Waals surface area (Å²) >= 11 is 3.34. The minimum absolute atomic E-state index is 0.172. The third kappa shape index (κ3) is 3.76. The summed E-state index contributed by atoms with van der Waals surface area (Å²) in [5.74, 6) is 4.77. The molecule has 1 rings (SSSR count). The molecule has 0 spiro atoms. The highest BCUT2D eigenvalue weighted by molar-refractivity contribution is 9.10. The molecule has 0 bridgehead atoms. The van der Waals surface area contributed by atoms with E-state index in [4.69, 9.17) is 5.84 Å². The quantitative estimate of drug-likeness (QED) is 0.432. The minimum atomic E-state index is -0.172. The fourth-order valence-corrected chi connectivity index (χ4v) is 1.22. The van der Waals surface area contributed by atoms with Crippen molar-refractivity contribution < 1.29 is 4.79 Å². The molecule has 4 nitrogen and oxygen atoms in total. The molecule has 0 aromatic heterocycles. The van der Waals surface area contributed by atoms with Gasteiger partial charge in [0.25, 0.3) is 0 Å². The monoisotopic (exact) mass is 257 g/mol. The molecule has 0 fully saturated rings. The second-order valence-corrected chi connectivity index (χ2v) is 3.67. The van der Waals surface area contributed by atoms with Crippen LogP contribution in [0.1, 0.15) is 6.42 Å². The first-order chi connectivity index (χ1) is 6.72. The van der Waals surface area contributed by atoms with E-state index in [9.17, 15) is 4.79 Å². The van der Waals surface area contributed by atoms with Crippen molar-refractivity contribution in [2.75, 3.05) is 11.9 Å². The van der Waals surface area contributed by atoms with E-state index in [-0.39, 0.29) is 5.91 Å². The molecule has 0 aliphatic heterocycles. The summed E-state index contributed by atoms with van der Waals surface area (Å²) in [7, 11) is 0. The second-order valence-electron chi connectivity index (χ2n) is 2.75.